The zero-order chi connectivity index (χ0) is 14.3. The maximum atomic E-state index is 11.9. The highest BCUT2D eigenvalue weighted by atomic mass is 16.5. The first kappa shape index (κ1) is 15.3. The van der Waals surface area contributed by atoms with Gasteiger partial charge in [0.2, 0.25) is 0 Å². The lowest BCUT2D eigenvalue weighted by atomic mass is 10.1. The van der Waals surface area contributed by atoms with E-state index < -0.39 is 0 Å². The van der Waals surface area contributed by atoms with Crippen molar-refractivity contribution in [1.29, 1.82) is 0 Å². The summed E-state index contributed by atoms with van der Waals surface area (Å²) in [6.07, 6.45) is 3.48. The van der Waals surface area contributed by atoms with E-state index in [0.29, 0.717) is 17.9 Å². The van der Waals surface area contributed by atoms with E-state index in [1.807, 2.05) is 19.2 Å². The van der Waals surface area contributed by atoms with Gasteiger partial charge in [0.15, 0.2) is 0 Å². The molecule has 0 fully saturated rings. The minimum absolute atomic E-state index is 0.313. The van der Waals surface area contributed by atoms with Crippen molar-refractivity contribution in [3.8, 4) is 0 Å². The molecular weight excluding hydrogens is 240 g/mol. The third-order valence-corrected chi connectivity index (χ3v) is 3.02. The monoisotopic (exact) mass is 264 g/mol. The molecule has 106 valence electrons. The maximum absolute atomic E-state index is 11.9. The number of unbranched alkanes of at least 4 members (excludes halogenated alkanes) is 2. The molecule has 1 rings (SSSR count). The summed E-state index contributed by atoms with van der Waals surface area (Å²) in [7, 11) is 1.99. The van der Waals surface area contributed by atoms with E-state index in [9.17, 15) is 4.79 Å². The second-order valence-corrected chi connectivity index (χ2v) is 4.63. The number of esters is 1. The van der Waals surface area contributed by atoms with Crippen molar-refractivity contribution in [2.24, 2.45) is 0 Å². The van der Waals surface area contributed by atoms with Gasteiger partial charge in [-0.05, 0) is 31.5 Å². The number of ether oxygens (including phenoxy) is 1. The molecule has 1 aromatic rings. The molecule has 0 spiro atoms. The van der Waals surface area contributed by atoms with E-state index in [0.717, 1.165) is 18.7 Å². The Balaban J connectivity index is 2.89. The number of hydrogen-bond donors (Lipinski definition) is 1. The molecule has 0 atom stereocenters. The fourth-order valence-electron chi connectivity index (χ4n) is 1.98. The quantitative estimate of drug-likeness (QED) is 0.467. The van der Waals surface area contributed by atoms with Crippen molar-refractivity contribution in [3.63, 3.8) is 0 Å². The number of rotatable bonds is 7. The summed E-state index contributed by atoms with van der Waals surface area (Å²) in [5.41, 5.74) is 7.76. The summed E-state index contributed by atoms with van der Waals surface area (Å²) in [4.78, 5) is 14.0. The Morgan fingerprint density at radius 1 is 1.32 bits per heavy atom. The van der Waals surface area contributed by atoms with Crippen LogP contribution in [0.2, 0.25) is 0 Å². The Bertz CT molecular complexity index is 419. The third-order valence-electron chi connectivity index (χ3n) is 3.02. The largest absolute Gasteiger partial charge is 0.462 e. The standard InChI is InChI=1S/C15H24N2O2/c1-4-6-7-10-17(3)14-9-8-12(16)11-13(14)15(18)19-5-2/h8-9,11H,4-7,10,16H2,1-3H3. The van der Waals surface area contributed by atoms with E-state index in [2.05, 4.69) is 11.8 Å². The van der Waals surface area contributed by atoms with Crippen molar-refractivity contribution in [1.82, 2.24) is 0 Å². The zero-order valence-electron chi connectivity index (χ0n) is 12.1. The van der Waals surface area contributed by atoms with Crippen molar-refractivity contribution in [2.75, 3.05) is 30.8 Å². The number of nitrogen functional groups attached to an aromatic ring is 1. The Morgan fingerprint density at radius 2 is 2.05 bits per heavy atom. The smallest absolute Gasteiger partial charge is 0.340 e. The van der Waals surface area contributed by atoms with Crippen molar-refractivity contribution in [2.45, 2.75) is 33.1 Å². The summed E-state index contributed by atoms with van der Waals surface area (Å²) in [6, 6.07) is 5.38. The van der Waals surface area contributed by atoms with E-state index in [-0.39, 0.29) is 5.97 Å². The van der Waals surface area contributed by atoms with Crippen LogP contribution in [0.3, 0.4) is 0 Å². The molecule has 0 aliphatic heterocycles. The molecule has 0 aromatic heterocycles. The van der Waals surface area contributed by atoms with Gasteiger partial charge in [-0.15, -0.1) is 0 Å². The molecule has 0 aliphatic rings. The first-order valence-electron chi connectivity index (χ1n) is 6.87. The summed E-state index contributed by atoms with van der Waals surface area (Å²) >= 11 is 0. The Kier molecular flexibility index (Phi) is 6.19. The number of hydrogen-bond acceptors (Lipinski definition) is 4. The number of nitrogens with zero attached hydrogens (tertiary/aromatic N) is 1. The van der Waals surface area contributed by atoms with E-state index in [1.165, 1.54) is 12.8 Å². The topological polar surface area (TPSA) is 55.6 Å². The van der Waals surface area contributed by atoms with Gasteiger partial charge in [-0.1, -0.05) is 19.8 Å². The van der Waals surface area contributed by atoms with Crippen LogP contribution in [-0.2, 0) is 4.74 Å². The normalized spacial score (nSPS) is 10.3. The lowest BCUT2D eigenvalue weighted by Gasteiger charge is -2.22. The van der Waals surface area contributed by atoms with Gasteiger partial charge >= 0.3 is 5.97 Å². The number of carbonyl (C=O) groups is 1. The van der Waals surface area contributed by atoms with Crippen molar-refractivity contribution in [3.05, 3.63) is 23.8 Å². The second kappa shape index (κ2) is 7.67. The molecule has 0 radical (unpaired) electrons. The first-order valence-corrected chi connectivity index (χ1v) is 6.87. The lowest BCUT2D eigenvalue weighted by molar-refractivity contribution is 0.0527. The molecule has 0 bridgehead atoms. The highest BCUT2D eigenvalue weighted by Gasteiger charge is 2.15. The van der Waals surface area contributed by atoms with Crippen molar-refractivity contribution >= 4 is 17.3 Å². The molecule has 0 unspecified atom stereocenters. The summed E-state index contributed by atoms with van der Waals surface area (Å²) in [6.45, 7) is 5.26. The Labute approximate surface area is 115 Å². The van der Waals surface area contributed by atoms with Crippen LogP contribution in [0.15, 0.2) is 18.2 Å². The number of nitrogens with two attached hydrogens (primary N) is 1. The molecule has 4 heteroatoms. The number of carbonyl (C=O) groups excluding carboxylic acids is 1. The maximum Gasteiger partial charge on any atom is 0.340 e. The minimum Gasteiger partial charge on any atom is -0.462 e. The van der Waals surface area contributed by atoms with Gasteiger partial charge < -0.3 is 15.4 Å². The molecular formula is C15H24N2O2. The van der Waals surface area contributed by atoms with Crippen LogP contribution in [0.4, 0.5) is 11.4 Å². The van der Waals surface area contributed by atoms with E-state index in [1.54, 1.807) is 13.0 Å². The SMILES string of the molecule is CCCCCN(C)c1ccc(N)cc1C(=O)OCC. The van der Waals surface area contributed by atoms with Gasteiger partial charge in [0.05, 0.1) is 17.9 Å². The van der Waals surface area contributed by atoms with Crippen LogP contribution in [-0.4, -0.2) is 26.2 Å². The summed E-state index contributed by atoms with van der Waals surface area (Å²) in [5, 5.41) is 0. The van der Waals surface area contributed by atoms with Crippen LogP contribution in [0.1, 0.15) is 43.5 Å². The highest BCUT2D eigenvalue weighted by molar-refractivity contribution is 5.97. The molecule has 1 aromatic carbocycles. The molecule has 0 saturated heterocycles. The van der Waals surface area contributed by atoms with E-state index >= 15 is 0 Å². The second-order valence-electron chi connectivity index (χ2n) is 4.63. The average Bonchev–Trinajstić information content (AvgIpc) is 2.39. The van der Waals surface area contributed by atoms with Crippen molar-refractivity contribution < 1.29 is 9.53 Å². The predicted octanol–water partition coefficient (Wildman–Crippen LogP) is 3.07. The third kappa shape index (κ3) is 4.47. The molecule has 0 amide bonds. The average molecular weight is 264 g/mol. The van der Waals surface area contributed by atoms with Gasteiger partial charge in [0, 0.05) is 19.3 Å². The van der Waals surface area contributed by atoms with Crippen LogP contribution in [0.5, 0.6) is 0 Å². The van der Waals surface area contributed by atoms with E-state index in [4.69, 9.17) is 10.5 Å². The van der Waals surface area contributed by atoms with Crippen LogP contribution in [0, 0.1) is 0 Å². The molecule has 0 heterocycles. The highest BCUT2D eigenvalue weighted by Crippen LogP contribution is 2.23. The fourth-order valence-corrected chi connectivity index (χ4v) is 1.98. The molecule has 4 nitrogen and oxygen atoms in total. The van der Waals surface area contributed by atoms with Gasteiger partial charge in [-0.25, -0.2) is 4.79 Å². The lowest BCUT2D eigenvalue weighted by Crippen LogP contribution is -2.22. The molecule has 19 heavy (non-hydrogen) atoms. The fraction of sp³-hybridized carbons (Fsp3) is 0.533. The van der Waals surface area contributed by atoms with Crippen LogP contribution < -0.4 is 10.6 Å². The molecule has 0 aliphatic carbocycles. The van der Waals surface area contributed by atoms with Gasteiger partial charge in [-0.2, -0.15) is 0 Å². The van der Waals surface area contributed by atoms with Gasteiger partial charge in [-0.3, -0.25) is 0 Å². The first-order chi connectivity index (χ1) is 9.10. The van der Waals surface area contributed by atoms with Gasteiger partial charge in [0.1, 0.15) is 0 Å². The van der Waals surface area contributed by atoms with Crippen LogP contribution >= 0.6 is 0 Å². The number of benzene rings is 1. The van der Waals surface area contributed by atoms with Crippen LogP contribution in [0.25, 0.3) is 0 Å². The summed E-state index contributed by atoms with van der Waals surface area (Å²) < 4.78 is 5.08. The summed E-state index contributed by atoms with van der Waals surface area (Å²) in [5.74, 6) is -0.313. The minimum atomic E-state index is -0.313. The van der Waals surface area contributed by atoms with Gasteiger partial charge in [0.25, 0.3) is 0 Å². The molecule has 2 N–H and O–H groups in total. The zero-order valence-corrected chi connectivity index (χ0v) is 12.1. The molecule has 0 saturated carbocycles. The predicted molar refractivity (Wildman–Crippen MR) is 79.6 cm³/mol. The Morgan fingerprint density at radius 3 is 2.68 bits per heavy atom. The number of anilines is 2. The Hall–Kier alpha value is -1.71.